The van der Waals surface area contributed by atoms with Crippen LogP contribution in [0.2, 0.25) is 0 Å². The maximum Gasteiger partial charge on any atom is 0.230 e. The lowest BCUT2D eigenvalue weighted by molar-refractivity contribution is -0.150. The molecule has 3 heterocycles. The minimum atomic E-state index is -0.150. The highest BCUT2D eigenvalue weighted by atomic mass is 16.5. The molecule has 3 aliphatic heterocycles. The topological polar surface area (TPSA) is 42.0 Å². The van der Waals surface area contributed by atoms with Crippen LogP contribution in [0.1, 0.15) is 32.1 Å². The lowest BCUT2D eigenvalue weighted by Gasteiger charge is -2.44. The number of hydrogen-bond acceptors (Lipinski definition) is 4. The van der Waals surface area contributed by atoms with Crippen LogP contribution < -0.4 is 4.74 Å². The van der Waals surface area contributed by atoms with Crippen LogP contribution in [0.4, 0.5) is 0 Å². The third-order valence-corrected chi connectivity index (χ3v) is 6.25. The number of ether oxygens (including phenoxy) is 2. The van der Waals surface area contributed by atoms with Crippen molar-refractivity contribution < 1.29 is 14.3 Å². The zero-order chi connectivity index (χ0) is 17.8. The zero-order valence-electron chi connectivity index (χ0n) is 15.6. The van der Waals surface area contributed by atoms with Gasteiger partial charge in [-0.1, -0.05) is 18.2 Å². The van der Waals surface area contributed by atoms with E-state index in [2.05, 4.69) is 9.80 Å². The Hall–Kier alpha value is -1.59. The lowest BCUT2D eigenvalue weighted by atomic mass is 9.77. The predicted molar refractivity (Wildman–Crippen MR) is 100 cm³/mol. The highest BCUT2D eigenvalue weighted by molar-refractivity contribution is 5.84. The monoisotopic (exact) mass is 358 g/mol. The molecular weight excluding hydrogens is 328 g/mol. The number of amides is 1. The average molecular weight is 358 g/mol. The highest BCUT2D eigenvalue weighted by Crippen LogP contribution is 2.41. The normalized spacial score (nSPS) is 28.0. The third kappa shape index (κ3) is 3.74. The van der Waals surface area contributed by atoms with Gasteiger partial charge in [0.2, 0.25) is 5.91 Å². The van der Waals surface area contributed by atoms with Crippen LogP contribution in [0.5, 0.6) is 5.75 Å². The predicted octanol–water partition coefficient (Wildman–Crippen LogP) is 2.56. The molecule has 1 amide bonds. The molecule has 0 aromatic heterocycles. The van der Waals surface area contributed by atoms with Gasteiger partial charge in [-0.2, -0.15) is 0 Å². The van der Waals surface area contributed by atoms with Crippen LogP contribution in [0.3, 0.4) is 0 Å². The van der Waals surface area contributed by atoms with E-state index < -0.39 is 0 Å². The van der Waals surface area contributed by atoms with Gasteiger partial charge in [-0.25, -0.2) is 0 Å². The molecule has 3 saturated heterocycles. The van der Waals surface area contributed by atoms with Crippen molar-refractivity contribution in [1.82, 2.24) is 9.80 Å². The molecule has 1 spiro atoms. The summed E-state index contributed by atoms with van der Waals surface area (Å²) in [5.74, 6) is 1.32. The molecule has 0 bridgehead atoms. The number of carbonyl (C=O) groups excluding carboxylic acids is 1. The number of para-hydroxylation sites is 1. The lowest BCUT2D eigenvalue weighted by Crippen LogP contribution is -2.54. The van der Waals surface area contributed by atoms with Crippen molar-refractivity contribution in [3.8, 4) is 5.75 Å². The van der Waals surface area contributed by atoms with Gasteiger partial charge in [-0.05, 0) is 50.8 Å². The fourth-order valence-electron chi connectivity index (χ4n) is 4.78. The Labute approximate surface area is 156 Å². The van der Waals surface area contributed by atoms with E-state index in [9.17, 15) is 4.79 Å². The maximum absolute atomic E-state index is 13.3. The molecule has 1 unspecified atom stereocenters. The maximum atomic E-state index is 13.3. The second kappa shape index (κ2) is 7.97. The van der Waals surface area contributed by atoms with Gasteiger partial charge < -0.3 is 14.4 Å². The molecule has 4 rings (SSSR count). The Morgan fingerprint density at radius 1 is 1.12 bits per heavy atom. The van der Waals surface area contributed by atoms with Gasteiger partial charge in [0.25, 0.3) is 0 Å². The molecule has 0 N–H and O–H groups in total. The first-order valence-corrected chi connectivity index (χ1v) is 10.1. The molecule has 5 heteroatoms. The van der Waals surface area contributed by atoms with Crippen molar-refractivity contribution in [2.45, 2.75) is 38.1 Å². The van der Waals surface area contributed by atoms with Crippen molar-refractivity contribution >= 4 is 5.91 Å². The number of piperidine rings is 1. The zero-order valence-corrected chi connectivity index (χ0v) is 15.6. The first kappa shape index (κ1) is 17.8. The molecule has 0 radical (unpaired) electrons. The quantitative estimate of drug-likeness (QED) is 0.811. The summed E-state index contributed by atoms with van der Waals surface area (Å²) in [6, 6.07) is 10.3. The summed E-state index contributed by atoms with van der Waals surface area (Å²) < 4.78 is 11.3. The van der Waals surface area contributed by atoms with Crippen LogP contribution >= 0.6 is 0 Å². The Balaban J connectivity index is 1.31. The molecule has 3 aliphatic rings. The fraction of sp³-hybridized carbons (Fsp3) is 0.667. The SMILES string of the molecule is O=C1N(C2CCOCC2)CCCC12CCN(CCOc1ccccc1)C2. The number of rotatable bonds is 5. The molecule has 1 aromatic carbocycles. The number of likely N-dealkylation sites (tertiary alicyclic amines) is 2. The second-order valence-electron chi connectivity index (χ2n) is 7.91. The van der Waals surface area contributed by atoms with E-state index in [-0.39, 0.29) is 5.41 Å². The van der Waals surface area contributed by atoms with Crippen LogP contribution in [0, 0.1) is 5.41 Å². The molecule has 0 aliphatic carbocycles. The summed E-state index contributed by atoms with van der Waals surface area (Å²) in [7, 11) is 0. The van der Waals surface area contributed by atoms with Crippen molar-refractivity contribution in [1.29, 1.82) is 0 Å². The second-order valence-corrected chi connectivity index (χ2v) is 7.91. The van der Waals surface area contributed by atoms with Gasteiger partial charge in [0.05, 0.1) is 5.41 Å². The largest absolute Gasteiger partial charge is 0.492 e. The van der Waals surface area contributed by atoms with Crippen LogP contribution in [-0.2, 0) is 9.53 Å². The summed E-state index contributed by atoms with van der Waals surface area (Å²) in [6.45, 7) is 5.99. The highest BCUT2D eigenvalue weighted by Gasteiger charge is 2.49. The summed E-state index contributed by atoms with van der Waals surface area (Å²) in [5, 5.41) is 0. The molecule has 1 aromatic rings. The Kier molecular flexibility index (Phi) is 5.46. The van der Waals surface area contributed by atoms with Crippen LogP contribution in [0.15, 0.2) is 30.3 Å². The van der Waals surface area contributed by atoms with Crippen molar-refractivity contribution in [2.75, 3.05) is 46.0 Å². The number of carbonyl (C=O) groups is 1. The molecular formula is C21H30N2O3. The molecule has 0 saturated carbocycles. The van der Waals surface area contributed by atoms with Gasteiger partial charge in [-0.15, -0.1) is 0 Å². The van der Waals surface area contributed by atoms with E-state index >= 15 is 0 Å². The van der Waals surface area contributed by atoms with Gasteiger partial charge >= 0.3 is 0 Å². The smallest absolute Gasteiger partial charge is 0.230 e. The fourth-order valence-corrected chi connectivity index (χ4v) is 4.78. The van der Waals surface area contributed by atoms with E-state index in [0.29, 0.717) is 18.6 Å². The molecule has 142 valence electrons. The summed E-state index contributed by atoms with van der Waals surface area (Å²) in [6.07, 6.45) is 5.17. The van der Waals surface area contributed by atoms with Crippen molar-refractivity contribution in [2.24, 2.45) is 5.41 Å². The van der Waals surface area contributed by atoms with Gasteiger partial charge in [-0.3, -0.25) is 9.69 Å². The van der Waals surface area contributed by atoms with E-state index in [1.807, 2.05) is 30.3 Å². The van der Waals surface area contributed by atoms with E-state index in [1.165, 1.54) is 0 Å². The number of hydrogen-bond donors (Lipinski definition) is 0. The Bertz CT molecular complexity index is 603. The molecule has 5 nitrogen and oxygen atoms in total. The van der Waals surface area contributed by atoms with E-state index in [0.717, 1.165) is 77.2 Å². The van der Waals surface area contributed by atoms with Gasteiger partial charge in [0, 0.05) is 38.9 Å². The van der Waals surface area contributed by atoms with E-state index in [1.54, 1.807) is 0 Å². The Morgan fingerprint density at radius 3 is 2.73 bits per heavy atom. The number of benzene rings is 1. The molecule has 3 fully saturated rings. The van der Waals surface area contributed by atoms with Gasteiger partial charge in [0.15, 0.2) is 0 Å². The first-order valence-electron chi connectivity index (χ1n) is 10.1. The summed E-state index contributed by atoms with van der Waals surface area (Å²) in [4.78, 5) is 17.9. The molecule has 1 atom stereocenters. The van der Waals surface area contributed by atoms with Crippen LogP contribution in [-0.4, -0.2) is 67.7 Å². The average Bonchev–Trinajstić information content (AvgIpc) is 3.10. The van der Waals surface area contributed by atoms with Crippen molar-refractivity contribution in [3.63, 3.8) is 0 Å². The summed E-state index contributed by atoms with van der Waals surface area (Å²) in [5.41, 5.74) is -0.150. The number of nitrogens with zero attached hydrogens (tertiary/aromatic N) is 2. The van der Waals surface area contributed by atoms with E-state index in [4.69, 9.17) is 9.47 Å². The third-order valence-electron chi connectivity index (χ3n) is 6.25. The molecule has 26 heavy (non-hydrogen) atoms. The minimum Gasteiger partial charge on any atom is -0.492 e. The first-order chi connectivity index (χ1) is 12.8. The van der Waals surface area contributed by atoms with Gasteiger partial charge in [0.1, 0.15) is 12.4 Å². The van der Waals surface area contributed by atoms with Crippen molar-refractivity contribution in [3.05, 3.63) is 30.3 Å². The standard InChI is InChI=1S/C21H30N2O3/c24-20-21(9-4-11-23(20)18-7-14-25-15-8-18)10-12-22(17-21)13-16-26-19-5-2-1-3-6-19/h1-3,5-6,18H,4,7-17H2. The van der Waals surface area contributed by atoms with Crippen LogP contribution in [0.25, 0.3) is 0 Å². The Morgan fingerprint density at radius 2 is 1.92 bits per heavy atom. The summed E-state index contributed by atoms with van der Waals surface area (Å²) >= 11 is 0. The minimum absolute atomic E-state index is 0.150.